The van der Waals surface area contributed by atoms with Crippen LogP contribution in [-0.4, -0.2) is 123 Å². The molecule has 17 nitrogen and oxygen atoms in total. The van der Waals surface area contributed by atoms with Crippen molar-refractivity contribution in [1.29, 1.82) is 0 Å². The first-order chi connectivity index (χ1) is 27.8. The molecular formula is C34H40F10N2O15. The summed E-state index contributed by atoms with van der Waals surface area (Å²) in [5.41, 5.74) is -9.89. The number of alkyl halides is 10. The van der Waals surface area contributed by atoms with Crippen LogP contribution in [0.25, 0.3) is 0 Å². The summed E-state index contributed by atoms with van der Waals surface area (Å²) < 4.78 is 174. The van der Waals surface area contributed by atoms with Gasteiger partial charge in [0.05, 0.1) is 13.2 Å². The molecule has 61 heavy (non-hydrogen) atoms. The molecule has 346 valence electrons. The fraction of sp³-hybridized carbons (Fsp3) is 0.588. The molecule has 0 aliphatic carbocycles. The number of halogens is 10. The number of ether oxygens (including phenoxy) is 8. The van der Waals surface area contributed by atoms with Gasteiger partial charge in [-0.05, 0) is 38.8 Å². The number of hydrogen-bond donors (Lipinski definition) is 1. The van der Waals surface area contributed by atoms with E-state index in [4.69, 9.17) is 28.4 Å². The molecule has 0 fully saturated rings. The molecular weight excluding hydrogens is 866 g/mol. The van der Waals surface area contributed by atoms with Gasteiger partial charge in [0, 0.05) is 30.2 Å². The standard InChI is InChI=1S/C34H40F10N2O15/c1-8-21(47)56-16-28(5,17-57-22(48)9-2)45-27(52)54-14-12-13-20(25(46-53)60-29(6,18-58-23(49)10-3)19-59-24(50)11-4)15-55-26(51)31(36,33(40,41)42)61-34(43,44)30(7,35)32(37,38)39/h8-11,20,25H,1-4,12-19H2,5-7H3,(H,45,52). The van der Waals surface area contributed by atoms with Gasteiger partial charge in [-0.25, -0.2) is 33.2 Å². The van der Waals surface area contributed by atoms with Crippen LogP contribution in [0.15, 0.2) is 55.8 Å². The third-order valence-corrected chi connectivity index (χ3v) is 7.44. The molecule has 0 saturated heterocycles. The number of nitrogens with one attached hydrogen (secondary N) is 1. The predicted molar refractivity (Wildman–Crippen MR) is 182 cm³/mol. The van der Waals surface area contributed by atoms with E-state index in [1.54, 1.807) is 0 Å². The summed E-state index contributed by atoms with van der Waals surface area (Å²) in [7, 11) is 0. The van der Waals surface area contributed by atoms with Gasteiger partial charge >= 0.3 is 60.3 Å². The normalized spacial score (nSPS) is 15.2. The van der Waals surface area contributed by atoms with Crippen molar-refractivity contribution in [3.63, 3.8) is 0 Å². The van der Waals surface area contributed by atoms with Crippen molar-refractivity contribution in [3.8, 4) is 0 Å². The zero-order chi connectivity index (χ0) is 47.7. The first kappa shape index (κ1) is 55.4. The molecule has 0 aliphatic rings. The first-order valence-corrected chi connectivity index (χ1v) is 16.7. The lowest BCUT2D eigenvalue weighted by molar-refractivity contribution is -0.448. The minimum atomic E-state index is -6.99. The monoisotopic (exact) mass is 906 g/mol. The lowest BCUT2D eigenvalue weighted by Crippen LogP contribution is -2.62. The van der Waals surface area contributed by atoms with E-state index >= 15 is 4.39 Å². The average Bonchev–Trinajstić information content (AvgIpc) is 3.17. The van der Waals surface area contributed by atoms with Gasteiger partial charge in [-0.1, -0.05) is 26.3 Å². The maximum absolute atomic E-state index is 15.1. The third kappa shape index (κ3) is 17.1. The Morgan fingerprint density at radius 1 is 0.639 bits per heavy atom. The molecule has 4 unspecified atom stereocenters. The van der Waals surface area contributed by atoms with Crippen molar-refractivity contribution in [2.75, 3.05) is 39.6 Å². The highest BCUT2D eigenvalue weighted by Gasteiger charge is 2.77. The largest absolute Gasteiger partial charge is 0.461 e. The van der Waals surface area contributed by atoms with Crippen LogP contribution in [0.1, 0.15) is 33.6 Å². The summed E-state index contributed by atoms with van der Waals surface area (Å²) in [4.78, 5) is 83.8. The number of hydrogen-bond acceptors (Lipinski definition) is 16. The van der Waals surface area contributed by atoms with Gasteiger partial charge < -0.3 is 38.5 Å². The molecule has 0 aromatic heterocycles. The minimum Gasteiger partial charge on any atom is -0.461 e. The number of esters is 5. The maximum Gasteiger partial charge on any atom is 0.460 e. The predicted octanol–water partition coefficient (Wildman–Crippen LogP) is 5.32. The van der Waals surface area contributed by atoms with E-state index in [-0.39, 0.29) is 0 Å². The summed E-state index contributed by atoms with van der Waals surface area (Å²) >= 11 is 0. The summed E-state index contributed by atoms with van der Waals surface area (Å²) in [5.74, 6) is -16.3. The van der Waals surface area contributed by atoms with Crippen molar-refractivity contribution < 1.29 is 111 Å². The fourth-order valence-electron chi connectivity index (χ4n) is 3.89. The average molecular weight is 907 g/mol. The van der Waals surface area contributed by atoms with E-state index in [9.17, 15) is 73.2 Å². The first-order valence-electron chi connectivity index (χ1n) is 16.7. The maximum atomic E-state index is 15.1. The van der Waals surface area contributed by atoms with Crippen LogP contribution in [0.2, 0.25) is 0 Å². The molecule has 0 saturated carbocycles. The molecule has 0 spiro atoms. The molecule has 0 bridgehead atoms. The number of nitroso groups, excluding NO2 is 1. The van der Waals surface area contributed by atoms with Crippen molar-refractivity contribution in [2.45, 2.75) is 81.0 Å². The molecule has 0 aliphatic heterocycles. The van der Waals surface area contributed by atoms with Crippen LogP contribution in [0.3, 0.4) is 0 Å². The van der Waals surface area contributed by atoms with E-state index in [0.717, 1.165) is 19.1 Å². The molecule has 0 radical (unpaired) electrons. The molecule has 0 aromatic carbocycles. The van der Waals surface area contributed by atoms with E-state index in [0.29, 0.717) is 12.2 Å². The molecule has 1 N–H and O–H groups in total. The lowest BCUT2D eigenvalue weighted by Gasteiger charge is -2.36. The highest BCUT2D eigenvalue weighted by atomic mass is 19.4. The number of nitrogens with zero attached hydrogens (tertiary/aromatic N) is 1. The Bertz CT molecular complexity index is 1570. The van der Waals surface area contributed by atoms with Gasteiger partial charge in [0.1, 0.15) is 37.6 Å². The number of amides is 1. The Kier molecular flexibility index (Phi) is 20.7. The fourth-order valence-corrected chi connectivity index (χ4v) is 3.89. The summed E-state index contributed by atoms with van der Waals surface area (Å²) in [6, 6.07) is 0. The van der Waals surface area contributed by atoms with Crippen molar-refractivity contribution in [2.24, 2.45) is 11.1 Å². The highest BCUT2D eigenvalue weighted by Crippen LogP contribution is 2.50. The Morgan fingerprint density at radius 2 is 1.07 bits per heavy atom. The number of carbonyl (C=O) groups excluding carboxylic acids is 6. The van der Waals surface area contributed by atoms with E-state index in [1.807, 2.05) is 0 Å². The Hall–Kier alpha value is -5.60. The Labute approximate surface area is 339 Å². The number of alkyl carbamates (subject to hydrolysis) is 1. The molecule has 4 atom stereocenters. The SMILES string of the molecule is C=CC(=O)OCC(C)(COC(=O)C=C)NC(=O)OCCCC(COC(=O)C(F)(OC(F)(F)C(C)(F)C(F)(F)F)C(F)(F)F)C(N=O)OC(C)(COC(=O)C=C)COC(=O)C=C. The van der Waals surface area contributed by atoms with Crippen molar-refractivity contribution in [3.05, 3.63) is 55.5 Å². The molecule has 0 rings (SSSR count). The van der Waals surface area contributed by atoms with Crippen molar-refractivity contribution in [1.82, 2.24) is 5.32 Å². The van der Waals surface area contributed by atoms with E-state index in [1.165, 1.54) is 6.92 Å². The van der Waals surface area contributed by atoms with Gasteiger partial charge in [-0.3, -0.25) is 4.74 Å². The molecule has 1 amide bonds. The zero-order valence-corrected chi connectivity index (χ0v) is 32.3. The number of carbonyl (C=O) groups is 6. The molecule has 0 heterocycles. The van der Waals surface area contributed by atoms with E-state index in [2.05, 4.69) is 46.3 Å². The quantitative estimate of drug-likeness (QED) is 0.0275. The van der Waals surface area contributed by atoms with Crippen molar-refractivity contribution >= 4 is 35.9 Å². The second-order valence-corrected chi connectivity index (χ2v) is 12.8. The van der Waals surface area contributed by atoms with Gasteiger partial charge in [-0.2, -0.15) is 39.5 Å². The second kappa shape index (κ2) is 22.8. The zero-order valence-electron chi connectivity index (χ0n) is 32.3. The lowest BCUT2D eigenvalue weighted by atomic mass is 10.0. The third-order valence-electron chi connectivity index (χ3n) is 7.44. The highest BCUT2D eigenvalue weighted by molar-refractivity contribution is 5.82. The van der Waals surface area contributed by atoms with Crippen LogP contribution in [0.4, 0.5) is 48.7 Å². The van der Waals surface area contributed by atoms with Crippen LogP contribution in [-0.2, 0) is 61.9 Å². The molecule has 0 aromatic rings. The van der Waals surface area contributed by atoms with Gasteiger partial charge in [0.15, 0.2) is 6.23 Å². The van der Waals surface area contributed by atoms with Crippen LogP contribution >= 0.6 is 0 Å². The van der Waals surface area contributed by atoms with Crippen LogP contribution in [0.5, 0.6) is 0 Å². The van der Waals surface area contributed by atoms with Gasteiger partial charge in [-0.15, -0.1) is 4.91 Å². The van der Waals surface area contributed by atoms with Gasteiger partial charge in [0.25, 0.3) is 5.67 Å². The summed E-state index contributed by atoms with van der Waals surface area (Å²) in [6.07, 6.45) is -22.7. The van der Waals surface area contributed by atoms with E-state index < -0.39 is 149 Å². The number of rotatable bonds is 27. The molecule has 27 heteroatoms. The topological polar surface area (TPSA) is 218 Å². The minimum absolute atomic E-state index is 0.563. The summed E-state index contributed by atoms with van der Waals surface area (Å²) in [5, 5.41) is 4.78. The summed E-state index contributed by atoms with van der Waals surface area (Å²) in [6.45, 7) is 8.12. The Morgan fingerprint density at radius 3 is 1.44 bits per heavy atom. The Balaban J connectivity index is 6.69. The van der Waals surface area contributed by atoms with Gasteiger partial charge in [0.2, 0.25) is 0 Å². The van der Waals surface area contributed by atoms with Crippen LogP contribution < -0.4 is 5.32 Å². The van der Waals surface area contributed by atoms with Crippen LogP contribution in [0, 0.1) is 10.8 Å². The smallest absolute Gasteiger partial charge is 0.460 e. The second-order valence-electron chi connectivity index (χ2n) is 12.8.